The summed E-state index contributed by atoms with van der Waals surface area (Å²) in [4.78, 5) is 2.19. The van der Waals surface area contributed by atoms with Gasteiger partial charge in [-0.15, -0.1) is 0 Å². The van der Waals surface area contributed by atoms with Crippen molar-refractivity contribution >= 4 is 27.3 Å². The lowest BCUT2D eigenvalue weighted by molar-refractivity contribution is 0.376. The molecule has 1 aliphatic carbocycles. The van der Waals surface area contributed by atoms with Gasteiger partial charge in [0.15, 0.2) is 0 Å². The van der Waals surface area contributed by atoms with E-state index in [1.54, 1.807) is 0 Å². The van der Waals surface area contributed by atoms with E-state index in [2.05, 4.69) is 63.8 Å². The molecule has 0 bridgehead atoms. The van der Waals surface area contributed by atoms with E-state index in [1.807, 2.05) is 0 Å². The van der Waals surface area contributed by atoms with E-state index >= 15 is 0 Å². The van der Waals surface area contributed by atoms with Crippen LogP contribution in [0.2, 0.25) is 0 Å². The van der Waals surface area contributed by atoms with Gasteiger partial charge in [-0.3, -0.25) is 0 Å². The fraction of sp³-hybridized carbons (Fsp3) is 0.647. The predicted octanol–water partition coefficient (Wildman–Crippen LogP) is 3.85. The first kappa shape index (κ1) is 15.2. The smallest absolute Gasteiger partial charge is 0.0597 e. The van der Waals surface area contributed by atoms with E-state index in [-0.39, 0.29) is 0 Å². The molecule has 1 aliphatic heterocycles. The van der Waals surface area contributed by atoms with Crippen LogP contribution in [0.5, 0.6) is 0 Å². The Morgan fingerprint density at radius 2 is 2.05 bits per heavy atom. The first-order valence-electron chi connectivity index (χ1n) is 8.12. The second-order valence-corrected chi connectivity index (χ2v) is 7.52. The van der Waals surface area contributed by atoms with Crippen molar-refractivity contribution in [3.63, 3.8) is 0 Å². The molecule has 0 radical (unpaired) electrons. The second-order valence-electron chi connectivity index (χ2n) is 6.60. The number of nitrogens with one attached hydrogen (secondary N) is 2. The number of hydrogen-bond donors (Lipinski definition) is 2. The first-order chi connectivity index (χ1) is 10.1. The largest absolute Gasteiger partial charge is 0.380 e. The van der Waals surface area contributed by atoms with Crippen LogP contribution in [0.3, 0.4) is 0 Å². The van der Waals surface area contributed by atoms with Gasteiger partial charge in [0, 0.05) is 30.7 Å². The van der Waals surface area contributed by atoms with Crippen LogP contribution in [0, 0.1) is 5.92 Å². The molecule has 3 rings (SSSR count). The van der Waals surface area contributed by atoms with Crippen molar-refractivity contribution < 1.29 is 0 Å². The van der Waals surface area contributed by atoms with Crippen LogP contribution in [0.25, 0.3) is 0 Å². The Morgan fingerprint density at radius 3 is 2.76 bits per heavy atom. The van der Waals surface area contributed by atoms with Crippen LogP contribution >= 0.6 is 15.9 Å². The minimum atomic E-state index is 0.605. The molecule has 2 N–H and O–H groups in total. The van der Waals surface area contributed by atoms with Crippen molar-refractivity contribution in [1.82, 2.24) is 5.32 Å². The quantitative estimate of drug-likeness (QED) is 0.862. The molecule has 2 aliphatic rings. The highest BCUT2D eigenvalue weighted by Crippen LogP contribution is 2.36. The summed E-state index contributed by atoms with van der Waals surface area (Å²) in [5.41, 5.74) is 2.52. The molecule has 21 heavy (non-hydrogen) atoms. The molecule has 0 spiro atoms. The van der Waals surface area contributed by atoms with Gasteiger partial charge in [0.25, 0.3) is 0 Å². The molecule has 3 atom stereocenters. The average Bonchev–Trinajstić information content (AvgIpc) is 3.08. The number of halogens is 1. The van der Waals surface area contributed by atoms with E-state index in [0.717, 1.165) is 16.4 Å². The predicted molar refractivity (Wildman–Crippen MR) is 94.2 cm³/mol. The molecule has 0 aromatic heterocycles. The summed E-state index contributed by atoms with van der Waals surface area (Å²) in [6.45, 7) is 1.20. The van der Waals surface area contributed by atoms with Crippen LogP contribution in [0.15, 0.2) is 22.7 Å². The lowest BCUT2D eigenvalue weighted by atomic mass is 9.93. The topological polar surface area (TPSA) is 27.3 Å². The lowest BCUT2D eigenvalue weighted by Crippen LogP contribution is -2.38. The molecular weight excluding hydrogens is 326 g/mol. The third kappa shape index (κ3) is 3.37. The van der Waals surface area contributed by atoms with Gasteiger partial charge < -0.3 is 15.5 Å². The highest BCUT2D eigenvalue weighted by molar-refractivity contribution is 9.10. The zero-order valence-corrected chi connectivity index (χ0v) is 14.6. The number of nitrogens with zero attached hydrogens (tertiary/aromatic N) is 1. The fourth-order valence-corrected chi connectivity index (χ4v) is 4.30. The van der Waals surface area contributed by atoms with Crippen molar-refractivity contribution in [1.29, 1.82) is 0 Å². The maximum absolute atomic E-state index is 3.85. The fourth-order valence-electron chi connectivity index (χ4n) is 3.94. The van der Waals surface area contributed by atoms with Crippen molar-refractivity contribution in [3.05, 3.63) is 22.7 Å². The van der Waals surface area contributed by atoms with Crippen LogP contribution < -0.4 is 15.5 Å². The molecule has 116 valence electrons. The van der Waals surface area contributed by atoms with Gasteiger partial charge in [0.05, 0.1) is 11.4 Å². The van der Waals surface area contributed by atoms with Crippen LogP contribution in [-0.2, 0) is 0 Å². The normalized spacial score (nSPS) is 28.8. The van der Waals surface area contributed by atoms with Gasteiger partial charge >= 0.3 is 0 Å². The van der Waals surface area contributed by atoms with Crippen molar-refractivity contribution in [2.45, 2.75) is 44.2 Å². The van der Waals surface area contributed by atoms with E-state index in [9.17, 15) is 0 Å². The Labute approximate surface area is 136 Å². The van der Waals surface area contributed by atoms with Gasteiger partial charge in [0.1, 0.15) is 0 Å². The summed E-state index contributed by atoms with van der Waals surface area (Å²) in [7, 11) is 4.22. The Kier molecular flexibility index (Phi) is 4.75. The van der Waals surface area contributed by atoms with Gasteiger partial charge in [-0.1, -0.05) is 22.4 Å². The summed E-state index contributed by atoms with van der Waals surface area (Å²) >= 11 is 3.61. The number of anilines is 2. The summed E-state index contributed by atoms with van der Waals surface area (Å²) < 4.78 is 1.14. The standard InChI is InChI=1S/C17H26BrN3/c1-21(2)17-9-8-12(18)11-16(17)20-15-6-3-5-13(15)14-7-4-10-19-14/h8-9,11,13-15,19-20H,3-7,10H2,1-2H3. The maximum atomic E-state index is 3.85. The van der Waals surface area contributed by atoms with E-state index in [4.69, 9.17) is 0 Å². The Morgan fingerprint density at radius 1 is 1.19 bits per heavy atom. The first-order valence-corrected chi connectivity index (χ1v) is 8.91. The van der Waals surface area contributed by atoms with Gasteiger partial charge in [-0.2, -0.15) is 0 Å². The molecule has 1 aromatic carbocycles. The highest BCUT2D eigenvalue weighted by Gasteiger charge is 2.35. The molecule has 1 heterocycles. The molecule has 0 amide bonds. The Balaban J connectivity index is 1.77. The Bertz CT molecular complexity index is 483. The Hall–Kier alpha value is -0.740. The number of hydrogen-bond acceptors (Lipinski definition) is 3. The molecule has 1 saturated heterocycles. The summed E-state index contributed by atoms with van der Waals surface area (Å²) in [6.07, 6.45) is 6.70. The minimum Gasteiger partial charge on any atom is -0.380 e. The van der Waals surface area contributed by atoms with E-state index < -0.39 is 0 Å². The molecular formula is C17H26BrN3. The van der Waals surface area contributed by atoms with Gasteiger partial charge in [-0.05, 0) is 56.3 Å². The molecule has 1 aromatic rings. The average molecular weight is 352 g/mol. The molecule has 1 saturated carbocycles. The number of benzene rings is 1. The van der Waals surface area contributed by atoms with E-state index in [0.29, 0.717) is 6.04 Å². The zero-order valence-electron chi connectivity index (χ0n) is 13.0. The molecule has 3 unspecified atom stereocenters. The van der Waals surface area contributed by atoms with Gasteiger partial charge in [0.2, 0.25) is 0 Å². The summed E-state index contributed by atoms with van der Waals surface area (Å²) in [5, 5.41) is 7.55. The van der Waals surface area contributed by atoms with Crippen LogP contribution in [0.1, 0.15) is 32.1 Å². The molecule has 3 nitrogen and oxygen atoms in total. The minimum absolute atomic E-state index is 0.605. The van der Waals surface area contributed by atoms with Crippen LogP contribution in [-0.4, -0.2) is 32.7 Å². The maximum Gasteiger partial charge on any atom is 0.0597 e. The third-order valence-corrected chi connectivity index (χ3v) is 5.46. The number of rotatable bonds is 4. The van der Waals surface area contributed by atoms with Crippen molar-refractivity contribution in [2.24, 2.45) is 5.92 Å². The monoisotopic (exact) mass is 351 g/mol. The summed E-state index contributed by atoms with van der Waals surface area (Å²) in [5.74, 6) is 0.779. The molecule has 2 fully saturated rings. The SMILES string of the molecule is CN(C)c1ccc(Br)cc1NC1CCCC1C1CCCN1. The van der Waals surface area contributed by atoms with Crippen molar-refractivity contribution in [3.8, 4) is 0 Å². The third-order valence-electron chi connectivity index (χ3n) is 4.97. The lowest BCUT2D eigenvalue weighted by Gasteiger charge is -2.29. The van der Waals surface area contributed by atoms with E-state index in [1.165, 1.54) is 50.0 Å². The van der Waals surface area contributed by atoms with Crippen LogP contribution in [0.4, 0.5) is 11.4 Å². The second kappa shape index (κ2) is 6.57. The highest BCUT2D eigenvalue weighted by atomic mass is 79.9. The van der Waals surface area contributed by atoms with Crippen molar-refractivity contribution in [2.75, 3.05) is 30.9 Å². The zero-order chi connectivity index (χ0) is 14.8. The molecule has 4 heteroatoms. The summed E-state index contributed by atoms with van der Waals surface area (Å²) in [6, 6.07) is 7.84. The van der Waals surface area contributed by atoms with Gasteiger partial charge in [-0.25, -0.2) is 0 Å².